The molecule has 0 atom stereocenters. The van der Waals surface area contributed by atoms with Gasteiger partial charge < -0.3 is 4.74 Å². The zero-order valence-electron chi connectivity index (χ0n) is 12.2. The molecule has 2 rings (SSSR count). The first-order chi connectivity index (χ1) is 9.63. The van der Waals surface area contributed by atoms with Crippen LogP contribution in [0.25, 0.3) is 11.3 Å². The molecule has 1 heterocycles. The maximum absolute atomic E-state index is 11.2. The number of ether oxygens (including phenoxy) is 1. The molecule has 1 aromatic carbocycles. The van der Waals surface area contributed by atoms with E-state index in [1.165, 1.54) is 0 Å². The van der Waals surface area contributed by atoms with Crippen molar-refractivity contribution in [3.8, 4) is 17.0 Å². The van der Waals surface area contributed by atoms with E-state index in [0.29, 0.717) is 11.5 Å². The van der Waals surface area contributed by atoms with Gasteiger partial charge in [-0.2, -0.15) is 5.10 Å². The van der Waals surface area contributed by atoms with Crippen molar-refractivity contribution in [2.75, 3.05) is 7.11 Å². The first kappa shape index (κ1) is 14.3. The van der Waals surface area contributed by atoms with Gasteiger partial charge in [-0.1, -0.05) is 13.8 Å². The highest BCUT2D eigenvalue weighted by molar-refractivity contribution is 5.85. The fourth-order valence-electron chi connectivity index (χ4n) is 2.00. The monoisotopic (exact) mass is 272 g/mol. The molecular weight excluding hydrogens is 252 g/mol. The minimum Gasteiger partial charge on any atom is -0.497 e. The summed E-state index contributed by atoms with van der Waals surface area (Å²) in [4.78, 5) is 11.2. The molecule has 0 fully saturated rings. The molecule has 0 aliphatic carbocycles. The second kappa shape index (κ2) is 6.37. The minimum absolute atomic E-state index is 0.614. The summed E-state index contributed by atoms with van der Waals surface area (Å²) in [5.41, 5.74) is 2.28. The fraction of sp³-hybridized carbons (Fsp3) is 0.375. The van der Waals surface area contributed by atoms with Gasteiger partial charge in [0, 0.05) is 18.3 Å². The number of nitrogens with zero attached hydrogens (tertiary/aromatic N) is 2. The summed E-state index contributed by atoms with van der Waals surface area (Å²) in [6.45, 7) is 5.18. The smallest absolute Gasteiger partial charge is 0.153 e. The Labute approximate surface area is 119 Å². The second-order valence-corrected chi connectivity index (χ2v) is 5.22. The fourth-order valence-corrected chi connectivity index (χ4v) is 2.00. The van der Waals surface area contributed by atoms with E-state index in [9.17, 15) is 4.79 Å². The maximum atomic E-state index is 11.2. The number of aryl methyl sites for hydroxylation is 1. The third-order valence-electron chi connectivity index (χ3n) is 3.22. The molecule has 106 valence electrons. The molecule has 0 aliphatic rings. The van der Waals surface area contributed by atoms with Gasteiger partial charge in [0.1, 0.15) is 11.4 Å². The lowest BCUT2D eigenvalue weighted by Gasteiger charge is -2.04. The van der Waals surface area contributed by atoms with Gasteiger partial charge in [-0.25, -0.2) is 0 Å². The average molecular weight is 272 g/mol. The van der Waals surface area contributed by atoms with Crippen LogP contribution in [0.5, 0.6) is 5.75 Å². The average Bonchev–Trinajstić information content (AvgIpc) is 2.88. The van der Waals surface area contributed by atoms with E-state index in [1.54, 1.807) is 7.11 Å². The second-order valence-electron chi connectivity index (χ2n) is 5.22. The molecule has 0 aliphatic heterocycles. The highest BCUT2D eigenvalue weighted by atomic mass is 16.5. The van der Waals surface area contributed by atoms with E-state index in [-0.39, 0.29) is 0 Å². The Morgan fingerprint density at radius 3 is 2.55 bits per heavy atom. The van der Waals surface area contributed by atoms with Gasteiger partial charge in [0.25, 0.3) is 0 Å². The molecule has 4 nitrogen and oxygen atoms in total. The van der Waals surface area contributed by atoms with Crippen molar-refractivity contribution < 1.29 is 9.53 Å². The number of aromatic nitrogens is 2. The van der Waals surface area contributed by atoms with Gasteiger partial charge in [0.2, 0.25) is 0 Å². The Morgan fingerprint density at radius 1 is 1.30 bits per heavy atom. The third kappa shape index (κ3) is 3.26. The van der Waals surface area contributed by atoms with Crippen molar-refractivity contribution in [1.29, 1.82) is 0 Å². The number of hydrogen-bond acceptors (Lipinski definition) is 3. The molecule has 2 aromatic rings. The summed E-state index contributed by atoms with van der Waals surface area (Å²) in [5, 5.41) is 4.52. The van der Waals surface area contributed by atoms with Gasteiger partial charge >= 0.3 is 0 Å². The molecule has 0 bridgehead atoms. The predicted octanol–water partition coefficient (Wildman–Crippen LogP) is 3.42. The molecule has 0 spiro atoms. The van der Waals surface area contributed by atoms with Crippen LogP contribution in [0, 0.1) is 5.92 Å². The quantitative estimate of drug-likeness (QED) is 0.757. The van der Waals surface area contributed by atoms with E-state index in [4.69, 9.17) is 4.74 Å². The van der Waals surface area contributed by atoms with Gasteiger partial charge in [-0.15, -0.1) is 0 Å². The van der Waals surface area contributed by atoms with Crippen LogP contribution >= 0.6 is 0 Å². The van der Waals surface area contributed by atoms with Gasteiger partial charge in [-0.3, -0.25) is 9.48 Å². The van der Waals surface area contributed by atoms with E-state index in [2.05, 4.69) is 18.9 Å². The lowest BCUT2D eigenvalue weighted by atomic mass is 10.1. The van der Waals surface area contributed by atoms with Crippen LogP contribution in [0.15, 0.2) is 30.5 Å². The molecule has 0 saturated carbocycles. The van der Waals surface area contributed by atoms with Crippen LogP contribution in [0.1, 0.15) is 30.6 Å². The third-order valence-corrected chi connectivity index (χ3v) is 3.22. The van der Waals surface area contributed by atoms with Crippen LogP contribution in [0.4, 0.5) is 0 Å². The first-order valence-electron chi connectivity index (χ1n) is 6.81. The van der Waals surface area contributed by atoms with Crippen LogP contribution in [-0.4, -0.2) is 23.2 Å². The number of carbonyl (C=O) groups excluding carboxylic acids is 1. The Balaban J connectivity index is 2.27. The normalized spacial score (nSPS) is 10.8. The summed E-state index contributed by atoms with van der Waals surface area (Å²) in [5.74, 6) is 1.41. The standard InChI is InChI=1S/C16H20N2O2/c1-12(2)8-9-18-10-14(11-19)16(17-18)13-4-6-15(20-3)7-5-13/h4-7,10-12H,8-9H2,1-3H3. The Kier molecular flexibility index (Phi) is 4.56. The number of hydrogen-bond donors (Lipinski definition) is 0. The zero-order valence-corrected chi connectivity index (χ0v) is 12.2. The van der Waals surface area contributed by atoms with Gasteiger partial charge in [0.05, 0.1) is 12.7 Å². The van der Waals surface area contributed by atoms with E-state index in [0.717, 1.165) is 36.3 Å². The molecule has 1 aromatic heterocycles. The van der Waals surface area contributed by atoms with Crippen LogP contribution in [0.3, 0.4) is 0 Å². The highest BCUT2D eigenvalue weighted by Crippen LogP contribution is 2.23. The molecule has 20 heavy (non-hydrogen) atoms. The summed E-state index contributed by atoms with van der Waals surface area (Å²) in [7, 11) is 1.63. The van der Waals surface area contributed by atoms with E-state index >= 15 is 0 Å². The van der Waals surface area contributed by atoms with Crippen molar-refractivity contribution in [3.05, 3.63) is 36.0 Å². The molecular formula is C16H20N2O2. The molecule has 0 amide bonds. The van der Waals surface area contributed by atoms with Gasteiger partial charge in [0.15, 0.2) is 6.29 Å². The minimum atomic E-state index is 0.614. The Morgan fingerprint density at radius 2 is 2.00 bits per heavy atom. The summed E-state index contributed by atoms with van der Waals surface area (Å²) in [6, 6.07) is 7.58. The molecule has 0 unspecified atom stereocenters. The number of methoxy groups -OCH3 is 1. The Hall–Kier alpha value is -2.10. The lowest BCUT2D eigenvalue weighted by molar-refractivity contribution is 0.112. The number of rotatable bonds is 6. The number of benzene rings is 1. The number of aldehydes is 1. The van der Waals surface area contributed by atoms with Crippen molar-refractivity contribution in [2.24, 2.45) is 5.92 Å². The summed E-state index contributed by atoms with van der Waals surface area (Å²) >= 11 is 0. The van der Waals surface area contributed by atoms with Crippen molar-refractivity contribution in [1.82, 2.24) is 9.78 Å². The largest absolute Gasteiger partial charge is 0.497 e. The first-order valence-corrected chi connectivity index (χ1v) is 6.81. The summed E-state index contributed by atoms with van der Waals surface area (Å²) in [6.07, 6.45) is 3.72. The number of carbonyl (C=O) groups is 1. The Bertz CT molecular complexity index is 571. The highest BCUT2D eigenvalue weighted by Gasteiger charge is 2.11. The molecule has 0 radical (unpaired) electrons. The summed E-state index contributed by atoms with van der Waals surface area (Å²) < 4.78 is 6.99. The lowest BCUT2D eigenvalue weighted by Crippen LogP contribution is -2.02. The van der Waals surface area contributed by atoms with Crippen LogP contribution in [-0.2, 0) is 6.54 Å². The van der Waals surface area contributed by atoms with Crippen molar-refractivity contribution in [3.63, 3.8) is 0 Å². The van der Waals surface area contributed by atoms with Crippen LogP contribution < -0.4 is 4.74 Å². The van der Waals surface area contributed by atoms with Crippen LogP contribution in [0.2, 0.25) is 0 Å². The molecule has 0 N–H and O–H groups in total. The molecule has 0 saturated heterocycles. The van der Waals surface area contributed by atoms with E-state index < -0.39 is 0 Å². The van der Waals surface area contributed by atoms with Crippen molar-refractivity contribution in [2.45, 2.75) is 26.8 Å². The SMILES string of the molecule is COc1ccc(-c2nn(CCC(C)C)cc2C=O)cc1. The van der Waals surface area contributed by atoms with Crippen molar-refractivity contribution >= 4 is 6.29 Å². The maximum Gasteiger partial charge on any atom is 0.153 e. The predicted molar refractivity (Wildman–Crippen MR) is 79.1 cm³/mol. The van der Waals surface area contributed by atoms with Gasteiger partial charge in [-0.05, 0) is 36.6 Å². The molecule has 4 heteroatoms. The zero-order chi connectivity index (χ0) is 14.5. The topological polar surface area (TPSA) is 44.1 Å². The van der Waals surface area contributed by atoms with E-state index in [1.807, 2.05) is 35.1 Å².